The molecule has 3 aromatic rings. The molecule has 1 aromatic carbocycles. The van der Waals surface area contributed by atoms with Crippen molar-refractivity contribution in [3.63, 3.8) is 0 Å². The molecule has 0 atom stereocenters. The van der Waals surface area contributed by atoms with Gasteiger partial charge in [0.05, 0.1) is 13.7 Å². The number of pyridine rings is 1. The monoisotopic (exact) mass is 449 g/mol. The minimum atomic E-state index is -0.604. The minimum Gasteiger partial charge on any atom is -0.497 e. The van der Waals surface area contributed by atoms with Crippen molar-refractivity contribution in [2.45, 2.75) is 13.1 Å². The number of benzene rings is 1. The van der Waals surface area contributed by atoms with E-state index in [2.05, 4.69) is 14.9 Å². The number of methoxy groups -OCH3 is 1. The van der Waals surface area contributed by atoms with E-state index >= 15 is 0 Å². The second-order valence-electron chi connectivity index (χ2n) is 7.80. The van der Waals surface area contributed by atoms with Crippen LogP contribution >= 0.6 is 0 Å². The van der Waals surface area contributed by atoms with Crippen molar-refractivity contribution in [1.82, 2.24) is 24.2 Å². The number of aromatic nitrogens is 4. The summed E-state index contributed by atoms with van der Waals surface area (Å²) < 4.78 is 7.48. The molecular formula is C22H23N7O4. The van der Waals surface area contributed by atoms with Crippen LogP contribution < -0.4 is 20.2 Å². The van der Waals surface area contributed by atoms with E-state index < -0.39 is 11.7 Å². The van der Waals surface area contributed by atoms with Crippen molar-refractivity contribution in [1.29, 1.82) is 0 Å². The van der Waals surface area contributed by atoms with Gasteiger partial charge in [0.25, 0.3) is 0 Å². The Morgan fingerprint density at radius 2 is 1.79 bits per heavy atom. The van der Waals surface area contributed by atoms with Crippen LogP contribution in [-0.4, -0.2) is 69.5 Å². The van der Waals surface area contributed by atoms with Crippen molar-refractivity contribution < 1.29 is 14.3 Å². The second kappa shape index (κ2) is 8.41. The molecule has 2 amide bonds. The van der Waals surface area contributed by atoms with E-state index in [1.807, 2.05) is 18.2 Å². The van der Waals surface area contributed by atoms with Crippen molar-refractivity contribution >= 4 is 23.4 Å². The van der Waals surface area contributed by atoms with E-state index in [1.54, 1.807) is 42.5 Å². The number of hydrogen-bond acceptors (Lipinski definition) is 7. The fraction of sp³-hybridized carbons (Fsp3) is 0.318. The molecule has 170 valence electrons. The van der Waals surface area contributed by atoms with Crippen LogP contribution in [0.4, 0.5) is 16.3 Å². The van der Waals surface area contributed by atoms with E-state index in [9.17, 15) is 14.4 Å². The Bertz CT molecular complexity index is 1230. The first-order chi connectivity index (χ1) is 16.0. The van der Waals surface area contributed by atoms with Crippen molar-refractivity contribution in [3.05, 3.63) is 65.0 Å². The molecule has 2 aliphatic rings. The number of ether oxygens (including phenoxy) is 1. The third kappa shape index (κ3) is 3.81. The van der Waals surface area contributed by atoms with Crippen LogP contribution in [0.1, 0.15) is 5.82 Å². The molecular weight excluding hydrogens is 426 g/mol. The first-order valence-corrected chi connectivity index (χ1v) is 10.6. The molecule has 0 radical (unpaired) electrons. The van der Waals surface area contributed by atoms with Crippen LogP contribution in [0.25, 0.3) is 0 Å². The Labute approximate surface area is 189 Å². The van der Waals surface area contributed by atoms with Crippen LogP contribution in [0.2, 0.25) is 0 Å². The molecule has 0 spiro atoms. The van der Waals surface area contributed by atoms with E-state index in [0.717, 1.165) is 10.5 Å². The summed E-state index contributed by atoms with van der Waals surface area (Å²) in [6, 6.07) is 12.3. The quantitative estimate of drug-likeness (QED) is 0.567. The van der Waals surface area contributed by atoms with E-state index in [-0.39, 0.29) is 19.0 Å². The van der Waals surface area contributed by atoms with E-state index in [1.165, 1.54) is 9.58 Å². The van der Waals surface area contributed by atoms with Crippen LogP contribution in [0.3, 0.4) is 0 Å². The number of hydrogen-bond donors (Lipinski definition) is 0. The van der Waals surface area contributed by atoms with Gasteiger partial charge in [0, 0.05) is 38.1 Å². The second-order valence-corrected chi connectivity index (χ2v) is 7.80. The molecule has 1 saturated heterocycles. The Balaban J connectivity index is 1.28. The molecule has 11 nitrogen and oxygen atoms in total. The number of piperazine rings is 1. The van der Waals surface area contributed by atoms with Crippen LogP contribution in [0, 0.1) is 0 Å². The molecule has 2 aliphatic heterocycles. The summed E-state index contributed by atoms with van der Waals surface area (Å²) in [5, 5.41) is 0. The van der Waals surface area contributed by atoms with Gasteiger partial charge in [-0.2, -0.15) is 9.67 Å². The Hall–Kier alpha value is -4.15. The summed E-state index contributed by atoms with van der Waals surface area (Å²) in [6.07, 6.45) is 1.74. The molecule has 11 heteroatoms. The summed E-state index contributed by atoms with van der Waals surface area (Å²) in [5.74, 6) is 1.64. The molecule has 33 heavy (non-hydrogen) atoms. The number of carbonyl (C=O) groups is 2. The van der Waals surface area contributed by atoms with Gasteiger partial charge in [0.1, 0.15) is 18.1 Å². The highest BCUT2D eigenvalue weighted by Gasteiger charge is 2.34. The Morgan fingerprint density at radius 1 is 1.03 bits per heavy atom. The summed E-state index contributed by atoms with van der Waals surface area (Å²) in [5.41, 5.74) is 0.0514. The van der Waals surface area contributed by atoms with Crippen LogP contribution in [0.5, 0.6) is 5.75 Å². The van der Waals surface area contributed by atoms with Gasteiger partial charge in [0.2, 0.25) is 5.91 Å². The summed E-state index contributed by atoms with van der Waals surface area (Å²) in [6.45, 7) is 2.23. The first-order valence-electron chi connectivity index (χ1n) is 10.6. The highest BCUT2D eigenvalue weighted by Crippen LogP contribution is 2.25. The molecule has 0 N–H and O–H groups in total. The summed E-state index contributed by atoms with van der Waals surface area (Å²) >= 11 is 0. The number of carbonyl (C=O) groups excluding carboxylic acids is 2. The zero-order chi connectivity index (χ0) is 22.9. The lowest BCUT2D eigenvalue weighted by molar-refractivity contribution is -0.132. The zero-order valence-corrected chi connectivity index (χ0v) is 18.1. The average molecular weight is 449 g/mol. The normalized spacial score (nSPS) is 15.7. The van der Waals surface area contributed by atoms with Gasteiger partial charge in [-0.3, -0.25) is 9.69 Å². The van der Waals surface area contributed by atoms with E-state index in [0.29, 0.717) is 43.4 Å². The average Bonchev–Trinajstić information content (AvgIpc) is 3.34. The number of anilines is 2. The van der Waals surface area contributed by atoms with Gasteiger partial charge in [0.15, 0.2) is 5.82 Å². The molecule has 0 aliphatic carbocycles. The number of fused-ring (bicyclic) bond motifs is 1. The summed E-state index contributed by atoms with van der Waals surface area (Å²) in [4.78, 5) is 52.1. The number of amides is 2. The highest BCUT2D eigenvalue weighted by molar-refractivity contribution is 5.95. The maximum absolute atomic E-state index is 13.1. The van der Waals surface area contributed by atoms with Gasteiger partial charge in [-0.25, -0.2) is 19.3 Å². The van der Waals surface area contributed by atoms with Gasteiger partial charge >= 0.3 is 11.7 Å². The number of nitrogens with zero attached hydrogens (tertiary/aromatic N) is 7. The fourth-order valence-corrected chi connectivity index (χ4v) is 4.14. The predicted octanol–water partition coefficient (Wildman–Crippen LogP) is 0.785. The first kappa shape index (κ1) is 20.7. The fourth-order valence-electron chi connectivity index (χ4n) is 4.14. The van der Waals surface area contributed by atoms with Crippen LogP contribution in [-0.2, 0) is 17.9 Å². The Kier molecular flexibility index (Phi) is 5.29. The van der Waals surface area contributed by atoms with Crippen LogP contribution in [0.15, 0.2) is 53.5 Å². The highest BCUT2D eigenvalue weighted by atomic mass is 16.5. The topological polar surface area (TPSA) is 106 Å². The third-order valence-corrected chi connectivity index (χ3v) is 5.92. The molecule has 2 aromatic heterocycles. The lowest BCUT2D eigenvalue weighted by Gasteiger charge is -2.35. The van der Waals surface area contributed by atoms with Gasteiger partial charge in [-0.15, -0.1) is 0 Å². The molecule has 0 saturated carbocycles. The largest absolute Gasteiger partial charge is 0.497 e. The lowest BCUT2D eigenvalue weighted by atomic mass is 10.3. The molecule has 0 bridgehead atoms. The predicted molar refractivity (Wildman–Crippen MR) is 119 cm³/mol. The summed E-state index contributed by atoms with van der Waals surface area (Å²) in [7, 11) is 1.57. The lowest BCUT2D eigenvalue weighted by Crippen LogP contribution is -2.50. The van der Waals surface area contributed by atoms with Crippen molar-refractivity contribution in [3.8, 4) is 5.75 Å². The molecule has 1 fully saturated rings. The van der Waals surface area contributed by atoms with Gasteiger partial charge in [-0.05, 0) is 36.4 Å². The van der Waals surface area contributed by atoms with E-state index in [4.69, 9.17) is 4.74 Å². The molecule has 5 rings (SSSR count). The maximum atomic E-state index is 13.1. The number of rotatable bonds is 5. The van der Waals surface area contributed by atoms with Gasteiger partial charge in [-0.1, -0.05) is 6.07 Å². The zero-order valence-electron chi connectivity index (χ0n) is 18.1. The third-order valence-electron chi connectivity index (χ3n) is 5.92. The van der Waals surface area contributed by atoms with Crippen molar-refractivity contribution in [2.75, 3.05) is 43.1 Å². The van der Waals surface area contributed by atoms with Crippen molar-refractivity contribution in [2.24, 2.45) is 0 Å². The standard InChI is InChI=1S/C22H23N7O4/c1-33-17-7-5-16(6-8-17)27-14-19-24-21(31)28(29(19)22(27)32)15-20(30)26-12-10-25(11-13-26)18-4-2-3-9-23-18/h2-9H,10-15H2,1H3. The SMILES string of the molecule is COc1ccc(N2Cc3nc(=O)n(CC(=O)N4CCN(c5ccccn5)CC4)n3C2=O)cc1. The van der Waals surface area contributed by atoms with Gasteiger partial charge < -0.3 is 14.5 Å². The minimum absolute atomic E-state index is 0.157. The Morgan fingerprint density at radius 3 is 2.45 bits per heavy atom. The molecule has 0 unspecified atom stereocenters. The smallest absolute Gasteiger partial charge is 0.365 e. The molecule has 4 heterocycles. The maximum Gasteiger partial charge on any atom is 0.365 e.